The summed E-state index contributed by atoms with van der Waals surface area (Å²) in [6.07, 6.45) is 3.84. The van der Waals surface area contributed by atoms with Crippen LogP contribution in [-0.2, 0) is 17.8 Å². The Morgan fingerprint density at radius 1 is 0.917 bits per heavy atom. The van der Waals surface area contributed by atoms with Crippen molar-refractivity contribution in [1.82, 2.24) is 4.98 Å². The Balaban J connectivity index is 1.83. The Bertz CT molecular complexity index is 789. The zero-order chi connectivity index (χ0) is 16.8. The summed E-state index contributed by atoms with van der Waals surface area (Å²) in [4.78, 5) is 18.8. The van der Waals surface area contributed by atoms with Crippen molar-refractivity contribution in [3.05, 3.63) is 95.3 Å². The molecule has 120 valence electrons. The molecule has 0 unspecified atom stereocenters. The van der Waals surface area contributed by atoms with E-state index in [4.69, 9.17) is 11.6 Å². The van der Waals surface area contributed by atoms with Gasteiger partial charge in [0, 0.05) is 23.1 Å². The molecule has 1 amide bonds. The number of hydrogen-bond donors (Lipinski definition) is 0. The molecule has 1 aromatic heterocycles. The Hall–Kier alpha value is -2.65. The maximum atomic E-state index is 12.9. The van der Waals surface area contributed by atoms with E-state index in [-0.39, 0.29) is 5.91 Å². The maximum absolute atomic E-state index is 12.9. The molecule has 0 saturated carbocycles. The average Bonchev–Trinajstić information content (AvgIpc) is 2.63. The second-order valence-electron chi connectivity index (χ2n) is 5.48. The third-order valence-corrected chi connectivity index (χ3v) is 3.95. The lowest BCUT2D eigenvalue weighted by Gasteiger charge is -2.23. The number of nitrogens with zero attached hydrogens (tertiary/aromatic N) is 2. The number of carbonyl (C=O) groups is 1. The molecule has 0 aliphatic rings. The van der Waals surface area contributed by atoms with Gasteiger partial charge in [-0.3, -0.25) is 9.78 Å². The van der Waals surface area contributed by atoms with Crippen molar-refractivity contribution in [2.45, 2.75) is 13.0 Å². The van der Waals surface area contributed by atoms with Gasteiger partial charge in [-0.2, -0.15) is 0 Å². The van der Waals surface area contributed by atoms with E-state index in [0.717, 1.165) is 16.8 Å². The molecule has 0 bridgehead atoms. The number of halogens is 1. The van der Waals surface area contributed by atoms with Gasteiger partial charge in [0.05, 0.1) is 13.0 Å². The van der Waals surface area contributed by atoms with Crippen LogP contribution in [0.15, 0.2) is 79.1 Å². The van der Waals surface area contributed by atoms with Gasteiger partial charge in [-0.25, -0.2) is 0 Å². The number of aromatic nitrogens is 1. The van der Waals surface area contributed by atoms with Gasteiger partial charge in [-0.1, -0.05) is 48.0 Å². The Morgan fingerprint density at radius 3 is 2.33 bits per heavy atom. The normalized spacial score (nSPS) is 10.4. The Morgan fingerprint density at radius 2 is 1.67 bits per heavy atom. The summed E-state index contributed by atoms with van der Waals surface area (Å²) < 4.78 is 0. The lowest BCUT2D eigenvalue weighted by Crippen LogP contribution is -2.31. The molecule has 3 nitrogen and oxygen atoms in total. The third kappa shape index (κ3) is 4.21. The third-order valence-electron chi connectivity index (χ3n) is 3.70. The molecule has 24 heavy (non-hydrogen) atoms. The van der Waals surface area contributed by atoms with Gasteiger partial charge >= 0.3 is 0 Å². The number of rotatable bonds is 5. The second-order valence-corrected chi connectivity index (χ2v) is 5.92. The molecule has 0 spiro atoms. The van der Waals surface area contributed by atoms with E-state index in [1.165, 1.54) is 0 Å². The highest BCUT2D eigenvalue weighted by atomic mass is 35.5. The van der Waals surface area contributed by atoms with E-state index in [1.807, 2.05) is 54.6 Å². The molecule has 0 N–H and O–H groups in total. The molecule has 0 aliphatic heterocycles. The number of benzene rings is 2. The highest BCUT2D eigenvalue weighted by Crippen LogP contribution is 2.19. The summed E-state index contributed by atoms with van der Waals surface area (Å²) >= 11 is 5.91. The number of hydrogen-bond acceptors (Lipinski definition) is 2. The summed E-state index contributed by atoms with van der Waals surface area (Å²) in [5.74, 6) is 0.0346. The van der Waals surface area contributed by atoms with Crippen LogP contribution >= 0.6 is 11.6 Å². The van der Waals surface area contributed by atoms with Crippen LogP contribution in [0.1, 0.15) is 11.1 Å². The first-order chi connectivity index (χ1) is 11.7. The van der Waals surface area contributed by atoms with Gasteiger partial charge in [0.15, 0.2) is 0 Å². The molecule has 0 fully saturated rings. The predicted octanol–water partition coefficient (Wildman–Crippen LogP) is 4.51. The van der Waals surface area contributed by atoms with Gasteiger partial charge in [-0.15, -0.1) is 0 Å². The zero-order valence-electron chi connectivity index (χ0n) is 13.1. The van der Waals surface area contributed by atoms with Crippen LogP contribution in [0.5, 0.6) is 0 Å². The van der Waals surface area contributed by atoms with E-state index in [9.17, 15) is 4.79 Å². The molecule has 1 heterocycles. The van der Waals surface area contributed by atoms with Crippen LogP contribution in [0, 0.1) is 0 Å². The largest absolute Gasteiger partial charge is 0.308 e. The molecule has 2 aromatic carbocycles. The van der Waals surface area contributed by atoms with E-state index < -0.39 is 0 Å². The van der Waals surface area contributed by atoms with Crippen molar-refractivity contribution in [3.63, 3.8) is 0 Å². The molecule has 3 rings (SSSR count). The SMILES string of the molecule is O=C(Cc1ccc(Cl)cc1)N(Cc1cccnc1)c1ccccc1. The fourth-order valence-corrected chi connectivity index (χ4v) is 2.60. The van der Waals surface area contributed by atoms with Crippen LogP contribution in [0.25, 0.3) is 0 Å². The summed E-state index contributed by atoms with van der Waals surface area (Å²) in [6.45, 7) is 0.490. The minimum absolute atomic E-state index is 0.0346. The van der Waals surface area contributed by atoms with Gasteiger partial charge in [0.25, 0.3) is 0 Å². The number of anilines is 1. The Kier molecular flexibility index (Phi) is 5.24. The molecule has 4 heteroatoms. The van der Waals surface area contributed by atoms with E-state index in [2.05, 4.69) is 4.98 Å². The highest BCUT2D eigenvalue weighted by molar-refractivity contribution is 6.30. The lowest BCUT2D eigenvalue weighted by atomic mass is 10.1. The first kappa shape index (κ1) is 16.2. The Labute approximate surface area is 146 Å². The van der Waals surface area contributed by atoms with Crippen LogP contribution in [0.4, 0.5) is 5.69 Å². The number of carbonyl (C=O) groups excluding carboxylic acids is 1. The van der Waals surface area contributed by atoms with Crippen molar-refractivity contribution in [2.24, 2.45) is 0 Å². The minimum atomic E-state index is 0.0346. The number of pyridine rings is 1. The second kappa shape index (κ2) is 7.75. The highest BCUT2D eigenvalue weighted by Gasteiger charge is 2.16. The molecular formula is C20H17ClN2O. The number of para-hydroxylation sites is 1. The fourth-order valence-electron chi connectivity index (χ4n) is 2.48. The van der Waals surface area contributed by atoms with Crippen molar-refractivity contribution < 1.29 is 4.79 Å². The molecule has 0 radical (unpaired) electrons. The molecule has 0 saturated heterocycles. The van der Waals surface area contributed by atoms with Gasteiger partial charge in [-0.05, 0) is 41.5 Å². The summed E-state index contributed by atoms with van der Waals surface area (Å²) in [6, 6.07) is 20.9. The minimum Gasteiger partial charge on any atom is -0.308 e. The average molecular weight is 337 g/mol. The lowest BCUT2D eigenvalue weighted by molar-refractivity contribution is -0.118. The monoisotopic (exact) mass is 336 g/mol. The van der Waals surface area contributed by atoms with E-state index >= 15 is 0 Å². The summed E-state index contributed by atoms with van der Waals surface area (Å²) in [5, 5.41) is 0.668. The van der Waals surface area contributed by atoms with Crippen molar-refractivity contribution in [3.8, 4) is 0 Å². The quantitative estimate of drug-likeness (QED) is 0.686. The summed E-state index contributed by atoms with van der Waals surface area (Å²) in [5.41, 5.74) is 2.81. The van der Waals surface area contributed by atoms with Crippen LogP contribution in [0.3, 0.4) is 0 Å². The molecule has 0 aliphatic carbocycles. The molecule has 3 aromatic rings. The molecular weight excluding hydrogens is 320 g/mol. The fraction of sp³-hybridized carbons (Fsp3) is 0.100. The van der Waals surface area contributed by atoms with Gasteiger partial charge in [0.1, 0.15) is 0 Å². The van der Waals surface area contributed by atoms with Crippen LogP contribution in [0.2, 0.25) is 5.02 Å². The zero-order valence-corrected chi connectivity index (χ0v) is 13.9. The van der Waals surface area contributed by atoms with Crippen molar-refractivity contribution in [1.29, 1.82) is 0 Å². The van der Waals surface area contributed by atoms with E-state index in [0.29, 0.717) is 18.0 Å². The predicted molar refractivity (Wildman–Crippen MR) is 97.0 cm³/mol. The standard InChI is InChI=1S/C20H17ClN2O/c21-18-10-8-16(9-11-18)13-20(24)23(19-6-2-1-3-7-19)15-17-5-4-12-22-14-17/h1-12,14H,13,15H2. The number of amides is 1. The van der Waals surface area contributed by atoms with E-state index in [1.54, 1.807) is 29.4 Å². The smallest absolute Gasteiger partial charge is 0.231 e. The van der Waals surface area contributed by atoms with Gasteiger partial charge in [0.2, 0.25) is 5.91 Å². The molecule has 0 atom stereocenters. The topological polar surface area (TPSA) is 33.2 Å². The van der Waals surface area contributed by atoms with Crippen LogP contribution < -0.4 is 4.90 Å². The van der Waals surface area contributed by atoms with Crippen molar-refractivity contribution >= 4 is 23.2 Å². The first-order valence-electron chi connectivity index (χ1n) is 7.71. The van der Waals surface area contributed by atoms with Crippen molar-refractivity contribution in [2.75, 3.05) is 4.90 Å². The first-order valence-corrected chi connectivity index (χ1v) is 8.09. The maximum Gasteiger partial charge on any atom is 0.231 e. The summed E-state index contributed by atoms with van der Waals surface area (Å²) in [7, 11) is 0. The van der Waals surface area contributed by atoms with Gasteiger partial charge < -0.3 is 4.90 Å². The van der Waals surface area contributed by atoms with Crippen LogP contribution in [-0.4, -0.2) is 10.9 Å².